The van der Waals surface area contributed by atoms with Gasteiger partial charge in [-0.1, -0.05) is 32.4 Å². The van der Waals surface area contributed by atoms with Crippen LogP contribution in [0.5, 0.6) is 0 Å². The van der Waals surface area contributed by atoms with Gasteiger partial charge in [-0.3, -0.25) is 4.79 Å². The fourth-order valence-electron chi connectivity index (χ4n) is 1.42. The maximum absolute atomic E-state index is 12.0. The first-order valence-corrected chi connectivity index (χ1v) is 8.04. The van der Waals surface area contributed by atoms with Gasteiger partial charge >= 0.3 is 0 Å². The molecule has 0 heterocycles. The number of carbonyl (C=O) groups is 1. The topological polar surface area (TPSA) is 29.1 Å². The van der Waals surface area contributed by atoms with Crippen molar-refractivity contribution in [2.24, 2.45) is 0 Å². The van der Waals surface area contributed by atoms with E-state index in [9.17, 15) is 4.79 Å². The molecule has 0 spiro atoms. The molecule has 0 aliphatic heterocycles. The Morgan fingerprint density at radius 1 is 1.39 bits per heavy atom. The molecule has 0 atom stereocenters. The molecule has 0 aliphatic carbocycles. The molecule has 1 rings (SSSR count). The fourth-order valence-corrected chi connectivity index (χ4v) is 3.15. The Morgan fingerprint density at radius 3 is 2.61 bits per heavy atom. The normalized spacial score (nSPS) is 11.4. The van der Waals surface area contributed by atoms with E-state index in [1.165, 1.54) is 5.56 Å². The van der Waals surface area contributed by atoms with Crippen LogP contribution in [0.4, 0.5) is 0 Å². The van der Waals surface area contributed by atoms with Crippen molar-refractivity contribution in [1.82, 2.24) is 5.32 Å². The van der Waals surface area contributed by atoms with Crippen LogP contribution < -0.4 is 5.32 Å². The Balaban J connectivity index is 2.46. The van der Waals surface area contributed by atoms with Crippen LogP contribution in [-0.4, -0.2) is 23.0 Å². The van der Waals surface area contributed by atoms with Crippen LogP contribution in [0.1, 0.15) is 36.7 Å². The average molecular weight is 377 g/mol. The van der Waals surface area contributed by atoms with E-state index in [0.29, 0.717) is 6.54 Å². The second-order valence-electron chi connectivity index (χ2n) is 5.20. The van der Waals surface area contributed by atoms with Crippen LogP contribution in [0.3, 0.4) is 0 Å². The number of carbonyl (C=O) groups excluding carboxylic acids is 1. The minimum Gasteiger partial charge on any atom is -0.351 e. The van der Waals surface area contributed by atoms with E-state index in [1.807, 2.05) is 36.9 Å². The lowest BCUT2D eigenvalue weighted by Crippen LogP contribution is -2.27. The fraction of sp³-hybridized carbons (Fsp3) is 0.500. The Labute approximate surface area is 127 Å². The predicted molar refractivity (Wildman–Crippen MR) is 88.4 cm³/mol. The molecule has 0 saturated carbocycles. The molecule has 1 amide bonds. The molecule has 1 N–H and O–H groups in total. The van der Waals surface area contributed by atoms with Crippen LogP contribution in [0.15, 0.2) is 18.2 Å². The van der Waals surface area contributed by atoms with Gasteiger partial charge in [0, 0.05) is 20.6 Å². The second kappa shape index (κ2) is 6.80. The minimum atomic E-state index is 0.0221. The number of thioether (sulfide) groups is 1. The zero-order valence-electron chi connectivity index (χ0n) is 11.3. The number of nitrogens with one attached hydrogen (secondary N) is 1. The molecule has 0 unspecified atom stereocenters. The summed E-state index contributed by atoms with van der Waals surface area (Å²) in [6.45, 7) is 9.29. The first-order chi connectivity index (χ1) is 8.29. The number of benzene rings is 1. The van der Waals surface area contributed by atoms with Crippen molar-refractivity contribution in [3.05, 3.63) is 32.9 Å². The predicted octanol–water partition coefficient (Wildman–Crippen LogP) is 3.86. The van der Waals surface area contributed by atoms with Crippen LogP contribution in [-0.2, 0) is 0 Å². The van der Waals surface area contributed by atoms with Crippen molar-refractivity contribution < 1.29 is 4.79 Å². The third-order valence-corrected chi connectivity index (χ3v) is 4.46. The summed E-state index contributed by atoms with van der Waals surface area (Å²) >= 11 is 4.07. The molecular weight excluding hydrogens is 357 g/mol. The Bertz CT molecular complexity index is 426. The van der Waals surface area contributed by atoms with Gasteiger partial charge in [-0.2, -0.15) is 11.8 Å². The van der Waals surface area contributed by atoms with E-state index in [0.717, 1.165) is 14.9 Å². The van der Waals surface area contributed by atoms with Gasteiger partial charge in [-0.15, -0.1) is 0 Å². The number of hydrogen-bond donors (Lipinski definition) is 1. The summed E-state index contributed by atoms with van der Waals surface area (Å²) < 4.78 is 1.26. The monoisotopic (exact) mass is 377 g/mol. The van der Waals surface area contributed by atoms with E-state index in [4.69, 9.17) is 0 Å². The first-order valence-electron chi connectivity index (χ1n) is 5.98. The molecule has 4 heteroatoms. The summed E-state index contributed by atoms with van der Waals surface area (Å²) in [6, 6.07) is 5.89. The molecule has 0 bridgehead atoms. The van der Waals surface area contributed by atoms with Gasteiger partial charge in [0.1, 0.15) is 0 Å². The molecule has 1 aromatic rings. The van der Waals surface area contributed by atoms with Gasteiger partial charge in [0.2, 0.25) is 0 Å². The zero-order valence-corrected chi connectivity index (χ0v) is 14.3. The molecule has 0 saturated heterocycles. The van der Waals surface area contributed by atoms with Gasteiger partial charge in [0.15, 0.2) is 0 Å². The van der Waals surface area contributed by atoms with Gasteiger partial charge in [0.05, 0.1) is 5.56 Å². The van der Waals surface area contributed by atoms with Gasteiger partial charge in [-0.25, -0.2) is 0 Å². The zero-order chi connectivity index (χ0) is 13.8. The second-order valence-corrected chi connectivity index (χ2v) is 8.28. The molecule has 1 aromatic carbocycles. The van der Waals surface area contributed by atoms with E-state index < -0.39 is 0 Å². The number of amides is 1. The highest BCUT2D eigenvalue weighted by molar-refractivity contribution is 14.1. The van der Waals surface area contributed by atoms with Gasteiger partial charge in [-0.05, 0) is 41.6 Å². The largest absolute Gasteiger partial charge is 0.351 e. The van der Waals surface area contributed by atoms with Crippen molar-refractivity contribution in [1.29, 1.82) is 0 Å². The number of rotatable bonds is 4. The number of hydrogen-bond acceptors (Lipinski definition) is 2. The first kappa shape index (κ1) is 15.8. The Hall–Kier alpha value is -0.230. The van der Waals surface area contributed by atoms with E-state index in [1.54, 1.807) is 0 Å². The van der Waals surface area contributed by atoms with E-state index in [2.05, 4.69) is 48.7 Å². The summed E-state index contributed by atoms with van der Waals surface area (Å²) in [7, 11) is 0. The van der Waals surface area contributed by atoms with Crippen LogP contribution >= 0.6 is 34.4 Å². The lowest BCUT2D eigenvalue weighted by molar-refractivity contribution is 0.0955. The summed E-state index contributed by atoms with van der Waals surface area (Å²) in [4.78, 5) is 12.0. The van der Waals surface area contributed by atoms with Gasteiger partial charge < -0.3 is 5.32 Å². The third kappa shape index (κ3) is 5.61. The molecule has 0 fully saturated rings. The maximum Gasteiger partial charge on any atom is 0.252 e. The summed E-state index contributed by atoms with van der Waals surface area (Å²) in [5.74, 6) is 0.964. The lowest BCUT2D eigenvalue weighted by atomic mass is 10.1. The highest BCUT2D eigenvalue weighted by Gasteiger charge is 2.12. The quantitative estimate of drug-likeness (QED) is 0.638. The van der Waals surface area contributed by atoms with Gasteiger partial charge in [0.25, 0.3) is 5.91 Å². The van der Waals surface area contributed by atoms with Crippen LogP contribution in [0.2, 0.25) is 0 Å². The summed E-state index contributed by atoms with van der Waals surface area (Å²) in [6.07, 6.45) is 0. The Kier molecular flexibility index (Phi) is 5.98. The average Bonchev–Trinajstić information content (AvgIpc) is 2.22. The van der Waals surface area contributed by atoms with Crippen molar-refractivity contribution in [2.45, 2.75) is 32.4 Å². The molecule has 0 aromatic heterocycles. The van der Waals surface area contributed by atoms with Crippen molar-refractivity contribution in [3.8, 4) is 0 Å². The molecule has 18 heavy (non-hydrogen) atoms. The number of halogens is 1. The van der Waals surface area contributed by atoms with Crippen molar-refractivity contribution in [2.75, 3.05) is 12.3 Å². The highest BCUT2D eigenvalue weighted by atomic mass is 127. The van der Waals surface area contributed by atoms with Crippen molar-refractivity contribution >= 4 is 40.3 Å². The molecule has 100 valence electrons. The lowest BCUT2D eigenvalue weighted by Gasteiger charge is -2.17. The number of aryl methyl sites for hydroxylation is 1. The maximum atomic E-state index is 12.0. The standard InChI is InChI=1S/C14H20INOS/c1-10-5-6-11(12(15)9-10)13(17)16-7-8-18-14(2,3)4/h5-6,9H,7-8H2,1-4H3,(H,16,17). The highest BCUT2D eigenvalue weighted by Crippen LogP contribution is 2.22. The Morgan fingerprint density at radius 2 is 2.06 bits per heavy atom. The SMILES string of the molecule is Cc1ccc(C(=O)NCCSC(C)(C)C)c(I)c1. The summed E-state index contributed by atoms with van der Waals surface area (Å²) in [5, 5.41) is 2.97. The third-order valence-electron chi connectivity index (χ3n) is 2.29. The molecular formula is C14H20INOS. The van der Waals surface area contributed by atoms with E-state index in [-0.39, 0.29) is 10.7 Å². The molecule has 0 radical (unpaired) electrons. The van der Waals surface area contributed by atoms with Crippen molar-refractivity contribution in [3.63, 3.8) is 0 Å². The molecule has 2 nitrogen and oxygen atoms in total. The molecule has 0 aliphatic rings. The summed E-state index contributed by atoms with van der Waals surface area (Å²) in [5.41, 5.74) is 1.95. The van der Waals surface area contributed by atoms with Crippen LogP contribution in [0, 0.1) is 10.5 Å². The smallest absolute Gasteiger partial charge is 0.252 e. The van der Waals surface area contributed by atoms with E-state index >= 15 is 0 Å². The minimum absolute atomic E-state index is 0.0221. The van der Waals surface area contributed by atoms with Crippen LogP contribution in [0.25, 0.3) is 0 Å².